The maximum atomic E-state index is 4.80. The van der Waals surface area contributed by atoms with Gasteiger partial charge in [0.1, 0.15) is 0 Å². The average molecular weight is 352 g/mol. The summed E-state index contributed by atoms with van der Waals surface area (Å²) < 4.78 is 2.16. The minimum Gasteiger partial charge on any atom is -0.322 e. The van der Waals surface area contributed by atoms with Crippen LogP contribution >= 0.6 is 11.8 Å². The van der Waals surface area contributed by atoms with Crippen LogP contribution in [0.3, 0.4) is 0 Å². The van der Waals surface area contributed by atoms with Crippen molar-refractivity contribution in [2.75, 3.05) is 6.54 Å². The van der Waals surface area contributed by atoms with Crippen molar-refractivity contribution in [1.29, 1.82) is 0 Å². The molecule has 2 aromatic carbocycles. The molecule has 4 heteroatoms. The zero-order valence-corrected chi connectivity index (χ0v) is 16.1. The summed E-state index contributed by atoms with van der Waals surface area (Å²) in [6.45, 7) is 7.37. The van der Waals surface area contributed by atoms with E-state index in [-0.39, 0.29) is 5.54 Å². The fourth-order valence-electron chi connectivity index (χ4n) is 2.58. The van der Waals surface area contributed by atoms with Gasteiger partial charge in [-0.05, 0) is 38.5 Å². The Bertz CT molecular complexity index is 873. The number of fused-ring (bicyclic) bond motifs is 1. The molecule has 0 atom stereocenters. The first-order valence-electron chi connectivity index (χ1n) is 8.54. The van der Waals surface area contributed by atoms with Gasteiger partial charge in [0, 0.05) is 24.0 Å². The standard InChI is InChI=1S/C21H25N3S/c1-21(2,3)22-15-14-19(16-10-6-5-7-11-16)25-20-23-17-12-8-9-13-18(17)24(20)4/h5-14,22H,15H2,1-4H3. The zero-order chi connectivity index (χ0) is 17.9. The fraction of sp³-hybridized carbons (Fsp3) is 0.286. The maximum absolute atomic E-state index is 4.80. The Balaban J connectivity index is 1.91. The molecule has 0 unspecified atom stereocenters. The van der Waals surface area contributed by atoms with Crippen molar-refractivity contribution in [1.82, 2.24) is 14.9 Å². The summed E-state index contributed by atoms with van der Waals surface area (Å²) in [5.41, 5.74) is 3.51. The summed E-state index contributed by atoms with van der Waals surface area (Å²) in [5.74, 6) is 0. The largest absolute Gasteiger partial charge is 0.322 e. The van der Waals surface area contributed by atoms with Crippen LogP contribution in [-0.4, -0.2) is 21.6 Å². The fourth-order valence-corrected chi connectivity index (χ4v) is 3.58. The van der Waals surface area contributed by atoms with Gasteiger partial charge < -0.3 is 9.88 Å². The second-order valence-electron chi connectivity index (χ2n) is 7.11. The Labute approximate surface area is 154 Å². The molecule has 0 saturated heterocycles. The molecule has 130 valence electrons. The molecule has 25 heavy (non-hydrogen) atoms. The summed E-state index contributed by atoms with van der Waals surface area (Å²) >= 11 is 1.72. The molecule has 0 bridgehead atoms. The zero-order valence-electron chi connectivity index (χ0n) is 15.3. The second kappa shape index (κ2) is 7.46. The highest BCUT2D eigenvalue weighted by Gasteiger charge is 2.12. The first-order chi connectivity index (χ1) is 11.9. The molecule has 0 spiro atoms. The van der Waals surface area contributed by atoms with Crippen LogP contribution in [0.15, 0.2) is 65.8 Å². The van der Waals surface area contributed by atoms with Crippen LogP contribution in [0.5, 0.6) is 0 Å². The molecule has 0 aliphatic carbocycles. The lowest BCUT2D eigenvalue weighted by Crippen LogP contribution is -2.35. The molecule has 0 amide bonds. The van der Waals surface area contributed by atoms with E-state index in [1.807, 2.05) is 12.1 Å². The summed E-state index contributed by atoms with van der Waals surface area (Å²) in [6, 6.07) is 18.8. The quantitative estimate of drug-likeness (QED) is 0.649. The van der Waals surface area contributed by atoms with Crippen LogP contribution in [0, 0.1) is 0 Å². The van der Waals surface area contributed by atoms with E-state index in [1.165, 1.54) is 10.5 Å². The molecule has 1 N–H and O–H groups in total. The summed E-state index contributed by atoms with van der Waals surface area (Å²) in [4.78, 5) is 6.02. The number of aryl methyl sites for hydroxylation is 1. The van der Waals surface area contributed by atoms with Crippen molar-refractivity contribution in [2.24, 2.45) is 7.05 Å². The van der Waals surface area contributed by atoms with Crippen LogP contribution in [0.4, 0.5) is 0 Å². The third-order valence-corrected chi connectivity index (χ3v) is 5.10. The van der Waals surface area contributed by atoms with Gasteiger partial charge in [0.05, 0.1) is 11.0 Å². The highest BCUT2D eigenvalue weighted by atomic mass is 32.2. The molecule has 1 heterocycles. The van der Waals surface area contributed by atoms with E-state index >= 15 is 0 Å². The smallest absolute Gasteiger partial charge is 0.173 e. The van der Waals surface area contributed by atoms with Crippen LogP contribution in [0.25, 0.3) is 15.9 Å². The number of para-hydroxylation sites is 2. The number of nitrogens with zero attached hydrogens (tertiary/aromatic N) is 2. The monoisotopic (exact) mass is 351 g/mol. The number of imidazole rings is 1. The number of hydrogen-bond donors (Lipinski definition) is 1. The predicted octanol–water partition coefficient (Wildman–Crippen LogP) is 5.09. The number of rotatable bonds is 5. The van der Waals surface area contributed by atoms with Crippen molar-refractivity contribution < 1.29 is 0 Å². The first-order valence-corrected chi connectivity index (χ1v) is 9.35. The lowest BCUT2D eigenvalue weighted by Gasteiger charge is -2.19. The van der Waals surface area contributed by atoms with E-state index in [2.05, 4.69) is 86.2 Å². The molecule has 0 aliphatic rings. The molecule has 0 aliphatic heterocycles. The van der Waals surface area contributed by atoms with Crippen molar-refractivity contribution in [2.45, 2.75) is 31.5 Å². The topological polar surface area (TPSA) is 29.9 Å². The van der Waals surface area contributed by atoms with E-state index in [9.17, 15) is 0 Å². The van der Waals surface area contributed by atoms with Crippen LogP contribution in [-0.2, 0) is 7.05 Å². The van der Waals surface area contributed by atoms with Crippen molar-refractivity contribution in [3.63, 3.8) is 0 Å². The van der Waals surface area contributed by atoms with Gasteiger partial charge in [0.25, 0.3) is 0 Å². The Kier molecular flexibility index (Phi) is 5.30. The van der Waals surface area contributed by atoms with Crippen molar-refractivity contribution in [3.05, 3.63) is 66.2 Å². The minimum absolute atomic E-state index is 0.0981. The van der Waals surface area contributed by atoms with E-state index in [0.717, 1.165) is 22.7 Å². The number of aromatic nitrogens is 2. The van der Waals surface area contributed by atoms with E-state index in [0.29, 0.717) is 0 Å². The number of benzene rings is 2. The SMILES string of the molecule is Cn1c(SC(=CCNC(C)(C)C)c2ccccc2)nc2ccccc21. The molecule has 3 aromatic rings. The Morgan fingerprint density at radius 3 is 2.44 bits per heavy atom. The van der Waals surface area contributed by atoms with Gasteiger partial charge in [-0.25, -0.2) is 4.98 Å². The summed E-state index contributed by atoms with van der Waals surface area (Å²) in [7, 11) is 2.08. The summed E-state index contributed by atoms with van der Waals surface area (Å²) in [5, 5.41) is 4.54. The van der Waals surface area contributed by atoms with Crippen molar-refractivity contribution >= 4 is 27.7 Å². The molecule has 0 fully saturated rings. The third-order valence-electron chi connectivity index (χ3n) is 3.93. The van der Waals surface area contributed by atoms with Gasteiger partial charge >= 0.3 is 0 Å². The van der Waals surface area contributed by atoms with E-state index in [4.69, 9.17) is 4.98 Å². The average Bonchev–Trinajstić information content (AvgIpc) is 2.90. The minimum atomic E-state index is 0.0981. The van der Waals surface area contributed by atoms with E-state index in [1.54, 1.807) is 11.8 Å². The molecule has 3 rings (SSSR count). The van der Waals surface area contributed by atoms with Gasteiger partial charge in [-0.3, -0.25) is 0 Å². The lowest BCUT2D eigenvalue weighted by atomic mass is 10.1. The van der Waals surface area contributed by atoms with Crippen LogP contribution in [0.1, 0.15) is 26.3 Å². The molecular formula is C21H25N3S. The van der Waals surface area contributed by atoms with Crippen LogP contribution in [0.2, 0.25) is 0 Å². The van der Waals surface area contributed by atoms with Gasteiger partial charge in [-0.2, -0.15) is 0 Å². The highest BCUT2D eigenvalue weighted by Crippen LogP contribution is 2.34. The summed E-state index contributed by atoms with van der Waals surface area (Å²) in [6.07, 6.45) is 2.25. The van der Waals surface area contributed by atoms with Gasteiger partial charge in [0.2, 0.25) is 0 Å². The normalized spacial score (nSPS) is 12.7. The van der Waals surface area contributed by atoms with Gasteiger partial charge in [-0.15, -0.1) is 0 Å². The Morgan fingerprint density at radius 1 is 1.08 bits per heavy atom. The number of thioether (sulfide) groups is 1. The third kappa shape index (κ3) is 4.53. The lowest BCUT2D eigenvalue weighted by molar-refractivity contribution is 0.450. The first kappa shape index (κ1) is 17.8. The molecule has 0 saturated carbocycles. The Hall–Kier alpha value is -2.04. The number of hydrogen-bond acceptors (Lipinski definition) is 3. The molecular weight excluding hydrogens is 326 g/mol. The highest BCUT2D eigenvalue weighted by molar-refractivity contribution is 8.08. The predicted molar refractivity (Wildman–Crippen MR) is 109 cm³/mol. The van der Waals surface area contributed by atoms with Crippen LogP contribution < -0.4 is 5.32 Å². The second-order valence-corrected chi connectivity index (χ2v) is 8.12. The molecule has 0 radical (unpaired) electrons. The number of nitrogens with one attached hydrogen (secondary N) is 1. The van der Waals surface area contributed by atoms with Crippen molar-refractivity contribution in [3.8, 4) is 0 Å². The van der Waals surface area contributed by atoms with Gasteiger partial charge in [0.15, 0.2) is 5.16 Å². The maximum Gasteiger partial charge on any atom is 0.173 e. The Morgan fingerprint density at radius 2 is 1.76 bits per heavy atom. The molecule has 3 nitrogen and oxygen atoms in total. The molecule has 1 aromatic heterocycles. The van der Waals surface area contributed by atoms with E-state index < -0.39 is 0 Å². The van der Waals surface area contributed by atoms with Gasteiger partial charge in [-0.1, -0.05) is 60.3 Å².